The Kier molecular flexibility index (Phi) is 4.20. The topological polar surface area (TPSA) is 45.0 Å². The van der Waals surface area contributed by atoms with Crippen LogP contribution >= 0.6 is 0 Å². The van der Waals surface area contributed by atoms with Crippen molar-refractivity contribution in [1.82, 2.24) is 5.32 Å². The van der Waals surface area contributed by atoms with Crippen LogP contribution in [0.3, 0.4) is 0 Å². The lowest BCUT2D eigenvalue weighted by molar-refractivity contribution is 0.193. The first-order chi connectivity index (χ1) is 6.33. The fourth-order valence-corrected chi connectivity index (χ4v) is 1.46. The van der Waals surface area contributed by atoms with Crippen LogP contribution in [0.5, 0.6) is 0 Å². The molecule has 3 nitrogen and oxygen atoms in total. The van der Waals surface area contributed by atoms with Gasteiger partial charge in [-0.25, -0.2) is 0 Å². The molecule has 1 rings (SSSR count). The van der Waals surface area contributed by atoms with Gasteiger partial charge in [-0.05, 0) is 31.2 Å². The van der Waals surface area contributed by atoms with Crippen LogP contribution in [0.4, 0.5) is 0 Å². The average molecular weight is 182 g/mol. The number of rotatable bonds is 7. The monoisotopic (exact) mass is 182 g/mol. The number of nitrogens with one attached hydrogen (secondary N) is 1. The third-order valence-electron chi connectivity index (χ3n) is 2.61. The lowest BCUT2D eigenvalue weighted by Gasteiger charge is -2.11. The second-order valence-electron chi connectivity index (χ2n) is 3.86. The Balaban J connectivity index is 1.97. The standard InChI is InChI=1S/C10H18N2O/c1-13-8-2-7-12-9-10(3-4-10)5-6-11/h12H,2-5,7-9H2,1H3. The first-order valence-corrected chi connectivity index (χ1v) is 4.90. The fraction of sp³-hybridized carbons (Fsp3) is 0.900. The fourth-order valence-electron chi connectivity index (χ4n) is 1.46. The Bertz CT molecular complexity index is 182. The highest BCUT2D eigenvalue weighted by atomic mass is 16.5. The van der Waals surface area contributed by atoms with Gasteiger partial charge < -0.3 is 10.1 Å². The molecule has 1 aliphatic rings. The minimum Gasteiger partial charge on any atom is -0.385 e. The van der Waals surface area contributed by atoms with Crippen molar-refractivity contribution in [1.29, 1.82) is 5.26 Å². The van der Waals surface area contributed by atoms with E-state index in [1.165, 1.54) is 12.8 Å². The van der Waals surface area contributed by atoms with Crippen LogP contribution in [0, 0.1) is 16.7 Å². The highest BCUT2D eigenvalue weighted by Gasteiger charge is 2.41. The predicted molar refractivity (Wildman–Crippen MR) is 51.3 cm³/mol. The summed E-state index contributed by atoms with van der Waals surface area (Å²) in [6.07, 6.45) is 4.21. The van der Waals surface area contributed by atoms with Crippen LogP contribution in [0.25, 0.3) is 0 Å². The Labute approximate surface area is 80.1 Å². The molecular formula is C10H18N2O. The molecule has 0 atom stereocenters. The highest BCUT2D eigenvalue weighted by Crippen LogP contribution is 2.47. The van der Waals surface area contributed by atoms with E-state index < -0.39 is 0 Å². The van der Waals surface area contributed by atoms with Gasteiger partial charge >= 0.3 is 0 Å². The Morgan fingerprint density at radius 1 is 1.54 bits per heavy atom. The summed E-state index contributed by atoms with van der Waals surface area (Å²) in [5, 5.41) is 12.0. The van der Waals surface area contributed by atoms with E-state index in [9.17, 15) is 0 Å². The minimum atomic E-state index is 0.335. The molecule has 1 saturated carbocycles. The van der Waals surface area contributed by atoms with Gasteiger partial charge in [-0.3, -0.25) is 0 Å². The van der Waals surface area contributed by atoms with Crippen molar-refractivity contribution in [2.75, 3.05) is 26.8 Å². The lowest BCUT2D eigenvalue weighted by atomic mass is 10.0. The highest BCUT2D eigenvalue weighted by molar-refractivity contribution is 5.00. The summed E-state index contributed by atoms with van der Waals surface area (Å²) in [6, 6.07) is 2.26. The van der Waals surface area contributed by atoms with Crippen LogP contribution in [0.2, 0.25) is 0 Å². The van der Waals surface area contributed by atoms with Crippen molar-refractivity contribution in [2.24, 2.45) is 5.41 Å². The van der Waals surface area contributed by atoms with Crippen molar-refractivity contribution in [3.63, 3.8) is 0 Å². The maximum absolute atomic E-state index is 8.58. The molecule has 1 fully saturated rings. The zero-order valence-electron chi connectivity index (χ0n) is 8.31. The molecule has 0 aliphatic heterocycles. The first-order valence-electron chi connectivity index (χ1n) is 4.90. The summed E-state index contributed by atoms with van der Waals surface area (Å²) >= 11 is 0. The minimum absolute atomic E-state index is 0.335. The number of hydrogen-bond donors (Lipinski definition) is 1. The van der Waals surface area contributed by atoms with E-state index >= 15 is 0 Å². The van der Waals surface area contributed by atoms with Crippen molar-refractivity contribution in [2.45, 2.75) is 25.7 Å². The molecule has 13 heavy (non-hydrogen) atoms. The molecular weight excluding hydrogens is 164 g/mol. The largest absolute Gasteiger partial charge is 0.385 e. The van der Waals surface area contributed by atoms with Crippen molar-refractivity contribution in [3.8, 4) is 6.07 Å². The SMILES string of the molecule is COCCCNCC1(CC#N)CC1. The lowest BCUT2D eigenvalue weighted by Crippen LogP contribution is -2.25. The zero-order valence-corrected chi connectivity index (χ0v) is 8.31. The number of hydrogen-bond acceptors (Lipinski definition) is 3. The maximum atomic E-state index is 8.58. The summed E-state index contributed by atoms with van der Waals surface area (Å²) in [4.78, 5) is 0. The van der Waals surface area contributed by atoms with Gasteiger partial charge in [0.25, 0.3) is 0 Å². The van der Waals surface area contributed by atoms with Crippen molar-refractivity contribution in [3.05, 3.63) is 0 Å². The number of nitriles is 1. The second kappa shape index (κ2) is 5.21. The van der Waals surface area contributed by atoms with E-state index in [1.54, 1.807) is 7.11 Å². The van der Waals surface area contributed by atoms with E-state index in [0.29, 0.717) is 11.8 Å². The predicted octanol–water partition coefficient (Wildman–Crippen LogP) is 1.31. The van der Waals surface area contributed by atoms with Gasteiger partial charge in [0.2, 0.25) is 0 Å². The normalized spacial score (nSPS) is 18.2. The molecule has 3 heteroatoms. The number of methoxy groups -OCH3 is 1. The molecule has 0 aromatic rings. The second-order valence-corrected chi connectivity index (χ2v) is 3.86. The molecule has 0 spiro atoms. The van der Waals surface area contributed by atoms with Gasteiger partial charge in [0.1, 0.15) is 0 Å². The molecule has 0 saturated heterocycles. The van der Waals surface area contributed by atoms with Crippen LogP contribution in [0.1, 0.15) is 25.7 Å². The third kappa shape index (κ3) is 3.75. The van der Waals surface area contributed by atoms with Gasteiger partial charge in [0.15, 0.2) is 0 Å². The smallest absolute Gasteiger partial charge is 0.0628 e. The van der Waals surface area contributed by atoms with Crippen LogP contribution in [-0.2, 0) is 4.74 Å². The molecule has 0 aromatic carbocycles. The van der Waals surface area contributed by atoms with E-state index in [2.05, 4.69) is 11.4 Å². The van der Waals surface area contributed by atoms with Gasteiger partial charge in [-0.15, -0.1) is 0 Å². The molecule has 1 aliphatic carbocycles. The van der Waals surface area contributed by atoms with Crippen LogP contribution in [0.15, 0.2) is 0 Å². The van der Waals surface area contributed by atoms with Gasteiger partial charge in [0, 0.05) is 26.7 Å². The maximum Gasteiger partial charge on any atom is 0.0628 e. The average Bonchev–Trinajstić information content (AvgIpc) is 2.86. The summed E-state index contributed by atoms with van der Waals surface area (Å²) in [7, 11) is 1.72. The van der Waals surface area contributed by atoms with Gasteiger partial charge in [-0.2, -0.15) is 5.26 Å². The number of ether oxygens (including phenoxy) is 1. The summed E-state index contributed by atoms with van der Waals surface area (Å²) in [5.41, 5.74) is 0.335. The van der Waals surface area contributed by atoms with Crippen LogP contribution < -0.4 is 5.32 Å². The molecule has 0 bridgehead atoms. The zero-order chi connectivity index (χ0) is 9.57. The van der Waals surface area contributed by atoms with E-state index in [1.807, 2.05) is 0 Å². The van der Waals surface area contributed by atoms with E-state index in [4.69, 9.17) is 10.00 Å². The van der Waals surface area contributed by atoms with Crippen molar-refractivity contribution >= 4 is 0 Å². The van der Waals surface area contributed by atoms with Gasteiger partial charge in [-0.1, -0.05) is 0 Å². The molecule has 0 unspecified atom stereocenters. The van der Waals surface area contributed by atoms with E-state index in [-0.39, 0.29) is 0 Å². The van der Waals surface area contributed by atoms with Gasteiger partial charge in [0.05, 0.1) is 6.07 Å². The molecule has 74 valence electrons. The Morgan fingerprint density at radius 3 is 2.85 bits per heavy atom. The number of nitrogens with zero attached hydrogens (tertiary/aromatic N) is 1. The van der Waals surface area contributed by atoms with Crippen LogP contribution in [-0.4, -0.2) is 26.8 Å². The molecule has 0 aromatic heterocycles. The summed E-state index contributed by atoms with van der Waals surface area (Å²) in [5.74, 6) is 0. The molecule has 0 radical (unpaired) electrons. The van der Waals surface area contributed by atoms with Crippen molar-refractivity contribution < 1.29 is 4.74 Å². The molecule has 1 N–H and O–H groups in total. The Morgan fingerprint density at radius 2 is 2.31 bits per heavy atom. The summed E-state index contributed by atoms with van der Waals surface area (Å²) < 4.78 is 4.94. The first kappa shape index (κ1) is 10.5. The summed E-state index contributed by atoms with van der Waals surface area (Å²) in [6.45, 7) is 2.82. The quantitative estimate of drug-likeness (QED) is 0.604. The third-order valence-corrected chi connectivity index (χ3v) is 2.61. The molecule has 0 amide bonds. The van der Waals surface area contributed by atoms with E-state index in [0.717, 1.165) is 26.1 Å². The molecule has 0 heterocycles. The Hall–Kier alpha value is -0.590.